The zero-order valence-corrected chi connectivity index (χ0v) is 13.3. The monoisotopic (exact) mass is 331 g/mol. The standard InChI is InChI=1S/C17H18BrNO/c1-12-4-3-5-14(10-12)7-9-17(20)19-16-11-15(18)8-6-13(16)2/h3-6,8,10-11H,7,9H2,1-2H3,(H,19,20). The largest absolute Gasteiger partial charge is 0.326 e. The fourth-order valence-electron chi connectivity index (χ4n) is 2.07. The number of amides is 1. The van der Waals surface area contributed by atoms with Gasteiger partial charge in [-0.15, -0.1) is 0 Å². The summed E-state index contributed by atoms with van der Waals surface area (Å²) in [7, 11) is 0. The Morgan fingerprint density at radius 3 is 2.70 bits per heavy atom. The van der Waals surface area contributed by atoms with Gasteiger partial charge in [-0.05, 0) is 43.5 Å². The van der Waals surface area contributed by atoms with Gasteiger partial charge in [-0.1, -0.05) is 51.8 Å². The molecule has 0 aromatic heterocycles. The van der Waals surface area contributed by atoms with E-state index in [1.807, 2.05) is 31.2 Å². The van der Waals surface area contributed by atoms with E-state index in [0.29, 0.717) is 6.42 Å². The summed E-state index contributed by atoms with van der Waals surface area (Å²) in [6.07, 6.45) is 1.26. The molecule has 0 spiro atoms. The third-order valence-corrected chi connectivity index (χ3v) is 3.69. The number of carbonyl (C=O) groups excluding carboxylic acids is 1. The molecule has 2 aromatic carbocycles. The molecule has 0 aliphatic rings. The van der Waals surface area contributed by atoms with E-state index < -0.39 is 0 Å². The van der Waals surface area contributed by atoms with Gasteiger partial charge in [0.05, 0.1) is 0 Å². The first-order valence-corrected chi connectivity index (χ1v) is 7.45. The molecule has 104 valence electrons. The number of nitrogens with one attached hydrogen (secondary N) is 1. The Balaban J connectivity index is 1.94. The smallest absolute Gasteiger partial charge is 0.224 e. The molecule has 0 bridgehead atoms. The number of aryl methyl sites for hydroxylation is 3. The molecule has 0 saturated carbocycles. The summed E-state index contributed by atoms with van der Waals surface area (Å²) in [4.78, 5) is 12.0. The zero-order valence-electron chi connectivity index (χ0n) is 11.7. The third kappa shape index (κ3) is 4.20. The average molecular weight is 332 g/mol. The summed E-state index contributed by atoms with van der Waals surface area (Å²) in [6.45, 7) is 4.05. The van der Waals surface area contributed by atoms with Crippen LogP contribution in [0.2, 0.25) is 0 Å². The number of halogens is 1. The molecule has 2 aromatic rings. The van der Waals surface area contributed by atoms with Gasteiger partial charge in [0.15, 0.2) is 0 Å². The lowest BCUT2D eigenvalue weighted by molar-refractivity contribution is -0.116. The lowest BCUT2D eigenvalue weighted by Crippen LogP contribution is -2.13. The topological polar surface area (TPSA) is 29.1 Å². The lowest BCUT2D eigenvalue weighted by atomic mass is 10.1. The summed E-state index contributed by atoms with van der Waals surface area (Å²) in [5.41, 5.74) is 4.36. The van der Waals surface area contributed by atoms with Crippen molar-refractivity contribution in [3.8, 4) is 0 Å². The zero-order chi connectivity index (χ0) is 14.5. The minimum absolute atomic E-state index is 0.0488. The van der Waals surface area contributed by atoms with Crippen molar-refractivity contribution >= 4 is 27.5 Å². The van der Waals surface area contributed by atoms with Crippen LogP contribution in [0, 0.1) is 13.8 Å². The second kappa shape index (κ2) is 6.71. The molecule has 0 radical (unpaired) electrons. The maximum atomic E-state index is 12.0. The highest BCUT2D eigenvalue weighted by Gasteiger charge is 2.06. The number of anilines is 1. The van der Waals surface area contributed by atoms with Crippen molar-refractivity contribution in [2.75, 3.05) is 5.32 Å². The van der Waals surface area contributed by atoms with E-state index in [1.54, 1.807) is 0 Å². The van der Waals surface area contributed by atoms with Gasteiger partial charge in [0.2, 0.25) is 5.91 Å². The van der Waals surface area contributed by atoms with Gasteiger partial charge < -0.3 is 5.32 Å². The quantitative estimate of drug-likeness (QED) is 0.868. The molecule has 20 heavy (non-hydrogen) atoms. The summed E-state index contributed by atoms with van der Waals surface area (Å²) in [5.74, 6) is 0.0488. The van der Waals surface area contributed by atoms with Gasteiger partial charge in [0.1, 0.15) is 0 Å². The molecule has 1 N–H and O–H groups in total. The summed E-state index contributed by atoms with van der Waals surface area (Å²) >= 11 is 3.42. The van der Waals surface area contributed by atoms with Crippen LogP contribution in [0.3, 0.4) is 0 Å². The molecule has 3 heteroatoms. The molecule has 0 unspecified atom stereocenters. The number of hydrogen-bond donors (Lipinski definition) is 1. The van der Waals surface area contributed by atoms with Crippen molar-refractivity contribution in [2.45, 2.75) is 26.7 Å². The Morgan fingerprint density at radius 1 is 1.15 bits per heavy atom. The molecule has 0 saturated heterocycles. The van der Waals surface area contributed by atoms with E-state index in [2.05, 4.69) is 46.4 Å². The van der Waals surface area contributed by atoms with Crippen LogP contribution in [0.5, 0.6) is 0 Å². The molecule has 0 aliphatic heterocycles. The maximum absolute atomic E-state index is 12.0. The average Bonchev–Trinajstić information content (AvgIpc) is 2.41. The van der Waals surface area contributed by atoms with Crippen LogP contribution in [0.15, 0.2) is 46.9 Å². The molecule has 2 rings (SSSR count). The van der Waals surface area contributed by atoms with E-state index in [1.165, 1.54) is 11.1 Å². The van der Waals surface area contributed by atoms with Crippen molar-refractivity contribution in [3.63, 3.8) is 0 Å². The van der Waals surface area contributed by atoms with E-state index >= 15 is 0 Å². The predicted molar refractivity (Wildman–Crippen MR) is 87.0 cm³/mol. The first kappa shape index (κ1) is 14.8. The fraction of sp³-hybridized carbons (Fsp3) is 0.235. The van der Waals surface area contributed by atoms with Crippen molar-refractivity contribution < 1.29 is 4.79 Å². The van der Waals surface area contributed by atoms with Crippen LogP contribution in [-0.2, 0) is 11.2 Å². The first-order chi connectivity index (χ1) is 9.54. The number of carbonyl (C=O) groups is 1. The fourth-order valence-corrected chi connectivity index (χ4v) is 2.43. The predicted octanol–water partition coefficient (Wildman–Crippen LogP) is 4.64. The van der Waals surface area contributed by atoms with Gasteiger partial charge in [-0.25, -0.2) is 0 Å². The molecule has 1 amide bonds. The highest BCUT2D eigenvalue weighted by Crippen LogP contribution is 2.21. The third-order valence-electron chi connectivity index (χ3n) is 3.20. The van der Waals surface area contributed by atoms with Crippen molar-refractivity contribution in [1.29, 1.82) is 0 Å². The highest BCUT2D eigenvalue weighted by atomic mass is 79.9. The van der Waals surface area contributed by atoms with Crippen molar-refractivity contribution in [3.05, 3.63) is 63.6 Å². The Morgan fingerprint density at radius 2 is 1.95 bits per heavy atom. The first-order valence-electron chi connectivity index (χ1n) is 6.66. The van der Waals surface area contributed by atoms with Gasteiger partial charge in [0.25, 0.3) is 0 Å². The van der Waals surface area contributed by atoms with Gasteiger partial charge in [-0.2, -0.15) is 0 Å². The van der Waals surface area contributed by atoms with E-state index in [9.17, 15) is 4.79 Å². The molecular weight excluding hydrogens is 314 g/mol. The summed E-state index contributed by atoms with van der Waals surface area (Å²) in [6, 6.07) is 14.2. The second-order valence-corrected chi connectivity index (χ2v) is 5.91. The Labute approximate surface area is 128 Å². The molecular formula is C17H18BrNO. The number of hydrogen-bond acceptors (Lipinski definition) is 1. The van der Waals surface area contributed by atoms with E-state index in [4.69, 9.17) is 0 Å². The molecule has 2 nitrogen and oxygen atoms in total. The van der Waals surface area contributed by atoms with Crippen LogP contribution in [0.1, 0.15) is 23.1 Å². The van der Waals surface area contributed by atoms with Crippen molar-refractivity contribution in [1.82, 2.24) is 0 Å². The summed E-state index contributed by atoms with van der Waals surface area (Å²) in [5, 5.41) is 2.97. The number of benzene rings is 2. The van der Waals surface area contributed by atoms with Gasteiger partial charge >= 0.3 is 0 Å². The molecule has 0 fully saturated rings. The second-order valence-electron chi connectivity index (χ2n) is 5.00. The van der Waals surface area contributed by atoms with Crippen LogP contribution in [0.4, 0.5) is 5.69 Å². The highest BCUT2D eigenvalue weighted by molar-refractivity contribution is 9.10. The van der Waals surface area contributed by atoms with Crippen LogP contribution in [-0.4, -0.2) is 5.91 Å². The van der Waals surface area contributed by atoms with Gasteiger partial charge in [-0.3, -0.25) is 4.79 Å². The normalized spacial score (nSPS) is 10.3. The van der Waals surface area contributed by atoms with Crippen LogP contribution in [0.25, 0.3) is 0 Å². The number of rotatable bonds is 4. The Bertz CT molecular complexity index is 622. The van der Waals surface area contributed by atoms with Crippen molar-refractivity contribution in [2.24, 2.45) is 0 Å². The van der Waals surface area contributed by atoms with Gasteiger partial charge in [0, 0.05) is 16.6 Å². The lowest BCUT2D eigenvalue weighted by Gasteiger charge is -2.09. The Kier molecular flexibility index (Phi) is 4.96. The molecule has 0 aliphatic carbocycles. The minimum Gasteiger partial charge on any atom is -0.326 e. The van der Waals surface area contributed by atoms with E-state index in [-0.39, 0.29) is 5.91 Å². The van der Waals surface area contributed by atoms with E-state index in [0.717, 1.165) is 22.1 Å². The minimum atomic E-state index is 0.0488. The Hall–Kier alpha value is -1.61. The van der Waals surface area contributed by atoms with Crippen LogP contribution < -0.4 is 5.32 Å². The summed E-state index contributed by atoms with van der Waals surface area (Å²) < 4.78 is 0.970. The molecule has 0 atom stereocenters. The SMILES string of the molecule is Cc1cccc(CCC(=O)Nc2cc(Br)ccc2C)c1. The van der Waals surface area contributed by atoms with Crippen LogP contribution >= 0.6 is 15.9 Å². The molecule has 0 heterocycles. The maximum Gasteiger partial charge on any atom is 0.224 e.